The summed E-state index contributed by atoms with van der Waals surface area (Å²) in [5, 5.41) is 0. The number of Topliss-reactive ketones (excluding diaryl/α,β-unsaturated/α-hetero) is 2. The molecule has 4 nitrogen and oxygen atoms in total. The number of carbonyl (C=O) groups excluding carboxylic acids is 2. The van der Waals surface area contributed by atoms with Crippen LogP contribution in [0.25, 0.3) is 5.57 Å². The van der Waals surface area contributed by atoms with E-state index in [2.05, 4.69) is 56.0 Å². The van der Waals surface area contributed by atoms with Gasteiger partial charge in [0, 0.05) is 18.4 Å². The van der Waals surface area contributed by atoms with E-state index in [-0.39, 0.29) is 23.6 Å². The fourth-order valence-corrected chi connectivity index (χ4v) is 7.36. The van der Waals surface area contributed by atoms with E-state index < -0.39 is 0 Å². The number of hydrogen-bond donors (Lipinski definition) is 0. The number of halogens is 1. The van der Waals surface area contributed by atoms with Crippen LogP contribution in [-0.2, 0) is 9.59 Å². The predicted molar refractivity (Wildman–Crippen MR) is 152 cm³/mol. The second kappa shape index (κ2) is 11.3. The molecule has 5 heteroatoms. The van der Waals surface area contributed by atoms with Gasteiger partial charge in [0.25, 0.3) is 0 Å². The van der Waals surface area contributed by atoms with Gasteiger partial charge >= 0.3 is 0 Å². The summed E-state index contributed by atoms with van der Waals surface area (Å²) in [6.07, 6.45) is 8.63. The maximum atomic E-state index is 13.2. The lowest BCUT2D eigenvalue weighted by molar-refractivity contribution is -0.126. The van der Waals surface area contributed by atoms with E-state index in [1.807, 2.05) is 0 Å². The van der Waals surface area contributed by atoms with Crippen molar-refractivity contribution in [1.82, 2.24) is 4.90 Å². The molecule has 0 amide bonds. The van der Waals surface area contributed by atoms with E-state index in [9.17, 15) is 9.59 Å². The number of ether oxygens (including phenoxy) is 1. The van der Waals surface area contributed by atoms with Crippen molar-refractivity contribution in [1.29, 1.82) is 0 Å². The average molecular weight is 524 g/mol. The topological polar surface area (TPSA) is 46.6 Å². The smallest absolute Gasteiger partial charge is 0.155 e. The summed E-state index contributed by atoms with van der Waals surface area (Å²) in [5.74, 6) is 2.44. The molecule has 5 rings (SSSR count). The van der Waals surface area contributed by atoms with Crippen molar-refractivity contribution in [3.8, 4) is 5.75 Å². The average Bonchev–Trinajstić information content (AvgIpc) is 3.20. The molecule has 0 heterocycles. The Morgan fingerprint density at radius 2 is 1.76 bits per heavy atom. The van der Waals surface area contributed by atoms with Gasteiger partial charge in [0.2, 0.25) is 0 Å². The molecule has 0 unspecified atom stereocenters. The van der Waals surface area contributed by atoms with E-state index in [0.717, 1.165) is 75.9 Å². The van der Waals surface area contributed by atoms with Crippen LogP contribution in [-0.4, -0.2) is 42.7 Å². The van der Waals surface area contributed by atoms with Crippen molar-refractivity contribution in [2.75, 3.05) is 26.2 Å². The van der Waals surface area contributed by atoms with Gasteiger partial charge in [-0.25, -0.2) is 0 Å². The Morgan fingerprint density at radius 3 is 2.43 bits per heavy atom. The van der Waals surface area contributed by atoms with Crippen molar-refractivity contribution >= 4 is 29.5 Å². The summed E-state index contributed by atoms with van der Waals surface area (Å²) in [7, 11) is 0. The van der Waals surface area contributed by atoms with Crippen LogP contribution in [0.1, 0.15) is 78.2 Å². The number of fused-ring (bicyclic) bond motifs is 4. The molecule has 37 heavy (non-hydrogen) atoms. The van der Waals surface area contributed by atoms with Crippen LogP contribution in [0.15, 0.2) is 52.6 Å². The molecule has 0 radical (unpaired) electrons. The van der Waals surface area contributed by atoms with E-state index in [1.165, 1.54) is 27.9 Å². The number of likely N-dealkylation sites (N-methyl/N-ethyl adjacent to an activating group) is 1. The first-order valence-corrected chi connectivity index (χ1v) is 14.0. The molecule has 0 bridgehead atoms. The summed E-state index contributed by atoms with van der Waals surface area (Å²) in [6.45, 7) is 12.0. The normalized spacial score (nSPS) is 26.8. The van der Waals surface area contributed by atoms with Gasteiger partial charge in [0.05, 0.1) is 0 Å². The Balaban J connectivity index is 0.00000320. The Kier molecular flexibility index (Phi) is 8.50. The van der Waals surface area contributed by atoms with Gasteiger partial charge in [-0.2, -0.15) is 0 Å². The third kappa shape index (κ3) is 5.12. The molecule has 1 saturated carbocycles. The zero-order valence-corrected chi connectivity index (χ0v) is 23.7. The van der Waals surface area contributed by atoms with Gasteiger partial charge in [0.1, 0.15) is 18.1 Å². The minimum absolute atomic E-state index is 0. The van der Waals surface area contributed by atoms with Crippen LogP contribution in [0, 0.1) is 17.3 Å². The molecule has 4 aliphatic rings. The molecule has 1 aromatic carbocycles. The second-order valence-electron chi connectivity index (χ2n) is 11.3. The van der Waals surface area contributed by atoms with Crippen LogP contribution < -0.4 is 4.74 Å². The molecular formula is C32H42ClNO3. The quantitative estimate of drug-likeness (QED) is 0.368. The highest BCUT2D eigenvalue weighted by Crippen LogP contribution is 2.61. The molecule has 1 fully saturated rings. The molecule has 0 aliphatic heterocycles. The van der Waals surface area contributed by atoms with Gasteiger partial charge in [-0.05, 0) is 116 Å². The lowest BCUT2D eigenvalue weighted by atomic mass is 9.56. The molecular weight excluding hydrogens is 482 g/mol. The maximum absolute atomic E-state index is 13.2. The number of rotatable bonds is 8. The maximum Gasteiger partial charge on any atom is 0.155 e. The molecule has 0 N–H and O–H groups in total. The van der Waals surface area contributed by atoms with Gasteiger partial charge in [0.15, 0.2) is 5.78 Å². The van der Waals surface area contributed by atoms with Crippen LogP contribution in [0.5, 0.6) is 5.75 Å². The summed E-state index contributed by atoms with van der Waals surface area (Å²) >= 11 is 0. The van der Waals surface area contributed by atoms with Gasteiger partial charge in [-0.3, -0.25) is 9.59 Å². The fraction of sp³-hybridized carbons (Fsp3) is 0.562. The van der Waals surface area contributed by atoms with Crippen LogP contribution in [0.2, 0.25) is 0 Å². The highest BCUT2D eigenvalue weighted by molar-refractivity contribution is 5.95. The lowest BCUT2D eigenvalue weighted by Crippen LogP contribution is -2.40. The van der Waals surface area contributed by atoms with E-state index >= 15 is 0 Å². The Hall–Kier alpha value is -2.17. The van der Waals surface area contributed by atoms with Crippen LogP contribution in [0.4, 0.5) is 0 Å². The summed E-state index contributed by atoms with van der Waals surface area (Å²) in [5.41, 5.74) is 7.62. The van der Waals surface area contributed by atoms with Gasteiger partial charge in [-0.15, -0.1) is 12.4 Å². The van der Waals surface area contributed by atoms with Crippen LogP contribution >= 0.6 is 12.4 Å². The van der Waals surface area contributed by atoms with Crippen molar-refractivity contribution in [3.05, 3.63) is 58.2 Å². The number of ketones is 2. The minimum Gasteiger partial charge on any atom is -0.492 e. The van der Waals surface area contributed by atoms with Gasteiger partial charge in [-0.1, -0.05) is 39.0 Å². The monoisotopic (exact) mass is 523 g/mol. The van der Waals surface area contributed by atoms with E-state index in [4.69, 9.17) is 4.74 Å². The zero-order valence-electron chi connectivity index (χ0n) is 22.9. The summed E-state index contributed by atoms with van der Waals surface area (Å²) in [6, 6.07) is 8.59. The van der Waals surface area contributed by atoms with Crippen LogP contribution in [0.3, 0.4) is 0 Å². The van der Waals surface area contributed by atoms with Gasteiger partial charge < -0.3 is 9.64 Å². The van der Waals surface area contributed by atoms with E-state index in [0.29, 0.717) is 24.2 Å². The molecule has 0 spiro atoms. The molecule has 1 aromatic rings. The second-order valence-corrected chi connectivity index (χ2v) is 11.3. The highest BCUT2D eigenvalue weighted by Gasteiger charge is 2.54. The first-order chi connectivity index (χ1) is 17.4. The minimum atomic E-state index is -0.254. The zero-order chi connectivity index (χ0) is 25.4. The number of hydrogen-bond acceptors (Lipinski definition) is 4. The first-order valence-electron chi connectivity index (χ1n) is 14.0. The Bertz CT molecular complexity index is 1140. The molecule has 0 saturated heterocycles. The third-order valence-electron chi connectivity index (χ3n) is 9.52. The number of benzene rings is 1. The fourth-order valence-electron chi connectivity index (χ4n) is 7.36. The largest absolute Gasteiger partial charge is 0.492 e. The van der Waals surface area contributed by atoms with Crippen molar-refractivity contribution in [3.63, 3.8) is 0 Å². The summed E-state index contributed by atoms with van der Waals surface area (Å²) < 4.78 is 6.05. The SMILES string of the molecule is CCN(CC)CCOc1ccc(C2=C3C4=C(C=C(C(C)=O)CC4)CC[C@H]3[C@@H]3CCC(=O)[C@@]3(C)C2)cc1.Cl. The van der Waals surface area contributed by atoms with Crippen molar-refractivity contribution in [2.24, 2.45) is 17.3 Å². The van der Waals surface area contributed by atoms with Crippen molar-refractivity contribution in [2.45, 2.75) is 72.6 Å². The van der Waals surface area contributed by atoms with E-state index in [1.54, 1.807) is 6.92 Å². The number of carbonyl (C=O) groups is 2. The predicted octanol–water partition coefficient (Wildman–Crippen LogP) is 6.99. The highest BCUT2D eigenvalue weighted by atomic mass is 35.5. The summed E-state index contributed by atoms with van der Waals surface area (Å²) in [4.78, 5) is 27.6. The Labute approximate surface area is 228 Å². The van der Waals surface area contributed by atoms with Crippen molar-refractivity contribution < 1.29 is 14.3 Å². The number of allylic oxidation sites excluding steroid dienone is 6. The first kappa shape index (κ1) is 27.9. The third-order valence-corrected chi connectivity index (χ3v) is 9.52. The number of nitrogens with zero attached hydrogens (tertiary/aromatic N) is 1. The Morgan fingerprint density at radius 1 is 1.03 bits per heavy atom. The standard InChI is InChI=1S/C32H41NO3.ClH/c1-5-33(6-2)17-18-36-25-11-7-22(8-12-25)28-20-32(4)29(15-16-30(32)35)27-14-10-24-19-23(21(3)34)9-13-26(24)31(27)28;/h7-8,11-12,19,27,29H,5-6,9-10,13-18,20H2,1-4H3;1H/t27-,29-,32-;/m0./s1. The molecule has 4 aliphatic carbocycles. The molecule has 200 valence electrons. The molecule has 0 aromatic heterocycles. The lowest BCUT2D eigenvalue weighted by Gasteiger charge is -2.47. The molecule has 3 atom stereocenters.